The second-order valence-corrected chi connectivity index (χ2v) is 4.47. The first-order valence-corrected chi connectivity index (χ1v) is 6.45. The number of aromatic nitrogens is 2. The number of anilines is 1. The van der Waals surface area contributed by atoms with Crippen LogP contribution in [0.1, 0.15) is 32.3 Å². The average Bonchev–Trinajstić information content (AvgIpc) is 2.31. The van der Waals surface area contributed by atoms with Crippen LogP contribution in [0.4, 0.5) is 5.82 Å². The lowest BCUT2D eigenvalue weighted by molar-refractivity contribution is 0.324. The van der Waals surface area contributed by atoms with Gasteiger partial charge in [0.25, 0.3) is 0 Å². The van der Waals surface area contributed by atoms with E-state index in [2.05, 4.69) is 22.2 Å². The van der Waals surface area contributed by atoms with Gasteiger partial charge in [-0.25, -0.2) is 9.97 Å². The van der Waals surface area contributed by atoms with Crippen molar-refractivity contribution < 1.29 is 4.74 Å². The molecular formula is C12H20ClN3O. The highest BCUT2D eigenvalue weighted by molar-refractivity contribution is 6.20. The third kappa shape index (κ3) is 4.38. The largest absolute Gasteiger partial charge is 0.478 e. The molecule has 1 unspecified atom stereocenters. The second kappa shape index (κ2) is 7.33. The summed E-state index contributed by atoms with van der Waals surface area (Å²) >= 11 is 6.15. The minimum absolute atomic E-state index is 0.130. The Hall–Kier alpha value is -1.03. The predicted molar refractivity (Wildman–Crippen MR) is 71.0 cm³/mol. The minimum atomic E-state index is 0.130. The zero-order chi connectivity index (χ0) is 12.7. The topological polar surface area (TPSA) is 47.0 Å². The number of ether oxygens (including phenoxy) is 1. The summed E-state index contributed by atoms with van der Waals surface area (Å²) in [5.41, 5.74) is 0.926. The van der Waals surface area contributed by atoms with Crippen LogP contribution < -0.4 is 10.1 Å². The van der Waals surface area contributed by atoms with Crippen molar-refractivity contribution in [1.82, 2.24) is 9.97 Å². The molecular weight excluding hydrogens is 238 g/mol. The maximum Gasteiger partial charge on any atom is 0.221 e. The number of nitrogens with one attached hydrogen (secondary N) is 1. The van der Waals surface area contributed by atoms with Gasteiger partial charge in [-0.05, 0) is 20.3 Å². The van der Waals surface area contributed by atoms with E-state index in [0.717, 1.165) is 24.2 Å². The van der Waals surface area contributed by atoms with Gasteiger partial charge in [-0.1, -0.05) is 13.3 Å². The normalized spacial score (nSPS) is 12.2. The Morgan fingerprint density at radius 2 is 2.18 bits per heavy atom. The Kier molecular flexibility index (Phi) is 6.05. The number of halogens is 1. The number of rotatable bonds is 7. The standard InChI is InChI=1S/C12H20ClN3O/c1-4-6-10(13)7-14-11-9(3)12(17-5-2)16-8-15-11/h8,10H,4-7H2,1-3H3,(H,14,15,16). The number of alkyl halides is 1. The first kappa shape index (κ1) is 14.0. The van der Waals surface area contributed by atoms with Crippen molar-refractivity contribution in [1.29, 1.82) is 0 Å². The first-order chi connectivity index (χ1) is 8.19. The molecule has 17 heavy (non-hydrogen) atoms. The van der Waals surface area contributed by atoms with Crippen molar-refractivity contribution in [2.45, 2.75) is 39.0 Å². The molecule has 1 aromatic rings. The molecule has 0 saturated heterocycles. The molecule has 4 nitrogen and oxygen atoms in total. The molecule has 1 N–H and O–H groups in total. The fraction of sp³-hybridized carbons (Fsp3) is 0.667. The molecule has 0 aliphatic heterocycles. The molecule has 1 heterocycles. The maximum atomic E-state index is 6.15. The van der Waals surface area contributed by atoms with Crippen LogP contribution >= 0.6 is 11.6 Å². The summed E-state index contributed by atoms with van der Waals surface area (Å²) in [7, 11) is 0. The Balaban J connectivity index is 2.61. The summed E-state index contributed by atoms with van der Waals surface area (Å²) < 4.78 is 5.41. The van der Waals surface area contributed by atoms with E-state index < -0.39 is 0 Å². The summed E-state index contributed by atoms with van der Waals surface area (Å²) in [5.74, 6) is 1.43. The van der Waals surface area contributed by atoms with E-state index in [9.17, 15) is 0 Å². The lowest BCUT2D eigenvalue weighted by Gasteiger charge is -2.13. The van der Waals surface area contributed by atoms with Crippen molar-refractivity contribution in [2.75, 3.05) is 18.5 Å². The van der Waals surface area contributed by atoms with Crippen LogP contribution in [-0.4, -0.2) is 28.5 Å². The van der Waals surface area contributed by atoms with Gasteiger partial charge in [0.05, 0.1) is 17.5 Å². The molecule has 0 radical (unpaired) electrons. The van der Waals surface area contributed by atoms with Gasteiger partial charge in [0, 0.05) is 6.54 Å². The molecule has 5 heteroatoms. The second-order valence-electron chi connectivity index (χ2n) is 3.85. The number of nitrogens with zero attached hydrogens (tertiary/aromatic N) is 2. The summed E-state index contributed by atoms with van der Waals surface area (Å²) in [6, 6.07) is 0. The molecule has 1 atom stereocenters. The van der Waals surface area contributed by atoms with Gasteiger partial charge < -0.3 is 10.1 Å². The lowest BCUT2D eigenvalue weighted by Crippen LogP contribution is -2.16. The molecule has 0 fully saturated rings. The summed E-state index contributed by atoms with van der Waals surface area (Å²) in [6.07, 6.45) is 3.59. The van der Waals surface area contributed by atoms with E-state index >= 15 is 0 Å². The van der Waals surface area contributed by atoms with Crippen LogP contribution in [0.15, 0.2) is 6.33 Å². The SMILES string of the molecule is CCCC(Cl)CNc1ncnc(OCC)c1C. The van der Waals surface area contributed by atoms with Crippen LogP contribution in [0.5, 0.6) is 5.88 Å². The maximum absolute atomic E-state index is 6.15. The van der Waals surface area contributed by atoms with E-state index in [1.54, 1.807) is 0 Å². The fourth-order valence-corrected chi connectivity index (χ4v) is 1.81. The van der Waals surface area contributed by atoms with Crippen LogP contribution in [0.25, 0.3) is 0 Å². The Morgan fingerprint density at radius 3 is 2.82 bits per heavy atom. The van der Waals surface area contributed by atoms with Gasteiger partial charge in [0.15, 0.2) is 0 Å². The molecule has 0 aliphatic carbocycles. The van der Waals surface area contributed by atoms with E-state index in [-0.39, 0.29) is 5.38 Å². The van der Waals surface area contributed by atoms with Crippen LogP contribution in [-0.2, 0) is 0 Å². The molecule has 0 spiro atoms. The highest BCUT2D eigenvalue weighted by Crippen LogP contribution is 2.20. The van der Waals surface area contributed by atoms with Crippen LogP contribution in [0, 0.1) is 6.92 Å². The summed E-state index contributed by atoms with van der Waals surface area (Å²) in [6.45, 7) is 7.31. The lowest BCUT2D eigenvalue weighted by atomic mass is 10.2. The fourth-order valence-electron chi connectivity index (χ4n) is 1.52. The Bertz CT molecular complexity index is 347. The van der Waals surface area contributed by atoms with Crippen molar-refractivity contribution in [3.05, 3.63) is 11.9 Å². The molecule has 0 saturated carbocycles. The zero-order valence-corrected chi connectivity index (χ0v) is 11.4. The van der Waals surface area contributed by atoms with E-state index in [0.29, 0.717) is 19.0 Å². The third-order valence-electron chi connectivity index (χ3n) is 2.41. The quantitative estimate of drug-likeness (QED) is 0.763. The molecule has 96 valence electrons. The van der Waals surface area contributed by atoms with Crippen LogP contribution in [0.3, 0.4) is 0 Å². The van der Waals surface area contributed by atoms with Crippen molar-refractivity contribution >= 4 is 17.4 Å². The van der Waals surface area contributed by atoms with Crippen molar-refractivity contribution in [2.24, 2.45) is 0 Å². The monoisotopic (exact) mass is 257 g/mol. The van der Waals surface area contributed by atoms with Gasteiger partial charge in [-0.15, -0.1) is 11.6 Å². The summed E-state index contributed by atoms with van der Waals surface area (Å²) in [4.78, 5) is 8.28. The molecule has 0 aliphatic rings. The molecule has 0 aromatic carbocycles. The third-order valence-corrected chi connectivity index (χ3v) is 2.78. The van der Waals surface area contributed by atoms with Gasteiger partial charge in [0.2, 0.25) is 5.88 Å². The highest BCUT2D eigenvalue weighted by atomic mass is 35.5. The van der Waals surface area contributed by atoms with Gasteiger partial charge in [-0.2, -0.15) is 0 Å². The van der Waals surface area contributed by atoms with Gasteiger partial charge in [-0.3, -0.25) is 0 Å². The zero-order valence-electron chi connectivity index (χ0n) is 10.7. The van der Waals surface area contributed by atoms with Crippen molar-refractivity contribution in [3.63, 3.8) is 0 Å². The summed E-state index contributed by atoms with van der Waals surface area (Å²) in [5, 5.41) is 3.36. The molecule has 1 aromatic heterocycles. The van der Waals surface area contributed by atoms with Crippen molar-refractivity contribution in [3.8, 4) is 5.88 Å². The average molecular weight is 258 g/mol. The smallest absolute Gasteiger partial charge is 0.221 e. The Labute approximate surface area is 108 Å². The van der Waals surface area contributed by atoms with E-state index in [4.69, 9.17) is 16.3 Å². The van der Waals surface area contributed by atoms with Gasteiger partial charge >= 0.3 is 0 Å². The molecule has 1 rings (SSSR count). The number of hydrogen-bond donors (Lipinski definition) is 1. The molecule has 0 bridgehead atoms. The van der Waals surface area contributed by atoms with E-state index in [1.807, 2.05) is 13.8 Å². The molecule has 0 amide bonds. The van der Waals surface area contributed by atoms with Gasteiger partial charge in [0.1, 0.15) is 12.1 Å². The predicted octanol–water partition coefficient (Wildman–Crippen LogP) is 3.00. The van der Waals surface area contributed by atoms with Crippen LogP contribution in [0.2, 0.25) is 0 Å². The first-order valence-electron chi connectivity index (χ1n) is 6.01. The minimum Gasteiger partial charge on any atom is -0.478 e. The highest BCUT2D eigenvalue weighted by Gasteiger charge is 2.09. The number of hydrogen-bond acceptors (Lipinski definition) is 4. The van der Waals surface area contributed by atoms with E-state index in [1.165, 1.54) is 6.33 Å². The Morgan fingerprint density at radius 1 is 1.41 bits per heavy atom.